The highest BCUT2D eigenvalue weighted by molar-refractivity contribution is 5.67. The molecule has 1 heterocycles. The lowest BCUT2D eigenvalue weighted by atomic mass is 9.99. The molecule has 0 aromatic heterocycles. The van der Waals surface area contributed by atoms with Crippen LogP contribution in [-0.4, -0.2) is 60.4 Å². The van der Waals surface area contributed by atoms with Gasteiger partial charge in [-0.1, -0.05) is 0 Å². The molecule has 9 heteroatoms. The van der Waals surface area contributed by atoms with Gasteiger partial charge in [0.15, 0.2) is 24.7 Å². The molecule has 120 valence electrons. The van der Waals surface area contributed by atoms with Gasteiger partial charge in [0.25, 0.3) is 0 Å². The molecule has 21 heavy (non-hydrogen) atoms. The Morgan fingerprint density at radius 2 is 1.57 bits per heavy atom. The van der Waals surface area contributed by atoms with E-state index in [0.29, 0.717) is 0 Å². The smallest absolute Gasteiger partial charge is 0.303 e. The van der Waals surface area contributed by atoms with Gasteiger partial charge in [0.1, 0.15) is 12.7 Å². The molecule has 2 unspecified atom stereocenters. The number of esters is 3. The van der Waals surface area contributed by atoms with Crippen LogP contribution < -0.4 is 0 Å². The van der Waals surface area contributed by atoms with Gasteiger partial charge in [-0.25, -0.2) is 4.39 Å². The zero-order chi connectivity index (χ0) is 16.2. The maximum absolute atomic E-state index is 13.9. The second kappa shape index (κ2) is 7.32. The first-order chi connectivity index (χ1) is 9.72. The minimum Gasteiger partial charge on any atom is -0.463 e. The van der Waals surface area contributed by atoms with Crippen LogP contribution in [0, 0.1) is 0 Å². The maximum Gasteiger partial charge on any atom is 0.303 e. The Kier molecular flexibility index (Phi) is 6.03. The molecule has 0 aliphatic carbocycles. The predicted molar refractivity (Wildman–Crippen MR) is 63.5 cm³/mol. The number of hydrogen-bond donors (Lipinski definition) is 1. The van der Waals surface area contributed by atoms with Gasteiger partial charge < -0.3 is 24.1 Å². The molecule has 1 fully saturated rings. The van der Waals surface area contributed by atoms with Crippen LogP contribution in [0.2, 0.25) is 0 Å². The van der Waals surface area contributed by atoms with Gasteiger partial charge in [0, 0.05) is 20.8 Å². The van der Waals surface area contributed by atoms with Crippen molar-refractivity contribution in [3.8, 4) is 0 Å². The molecule has 0 aromatic carbocycles. The van der Waals surface area contributed by atoms with E-state index in [2.05, 4.69) is 0 Å². The van der Waals surface area contributed by atoms with Crippen LogP contribution >= 0.6 is 0 Å². The van der Waals surface area contributed by atoms with Crippen LogP contribution in [0.5, 0.6) is 0 Å². The van der Waals surface area contributed by atoms with Crippen LogP contribution in [0.3, 0.4) is 0 Å². The number of halogens is 1. The number of carbonyl (C=O) groups is 3. The summed E-state index contributed by atoms with van der Waals surface area (Å²) < 4.78 is 33.2. The van der Waals surface area contributed by atoms with Crippen molar-refractivity contribution < 1.29 is 42.8 Å². The summed E-state index contributed by atoms with van der Waals surface area (Å²) in [6, 6.07) is 0. The number of ether oxygens (including phenoxy) is 4. The molecule has 1 saturated heterocycles. The third-order valence-corrected chi connectivity index (χ3v) is 2.65. The molecule has 0 bridgehead atoms. The SMILES string of the molecule is CC(=O)OCC1O[C@@H](O)[C@@H](F)C(OC(C)=O)[C@@H]1OC(C)=O. The van der Waals surface area contributed by atoms with Crippen molar-refractivity contribution in [2.75, 3.05) is 6.61 Å². The highest BCUT2D eigenvalue weighted by atomic mass is 19.1. The van der Waals surface area contributed by atoms with E-state index in [1.165, 1.54) is 0 Å². The summed E-state index contributed by atoms with van der Waals surface area (Å²) in [6.45, 7) is 2.86. The number of carbonyl (C=O) groups excluding carboxylic acids is 3. The fourth-order valence-electron chi connectivity index (χ4n) is 1.88. The number of rotatable bonds is 4. The first kappa shape index (κ1) is 17.3. The maximum atomic E-state index is 13.9. The van der Waals surface area contributed by atoms with E-state index in [1.807, 2.05) is 0 Å². The van der Waals surface area contributed by atoms with Crippen LogP contribution in [0.25, 0.3) is 0 Å². The number of aliphatic hydroxyl groups excluding tert-OH is 1. The highest BCUT2D eigenvalue weighted by Crippen LogP contribution is 2.27. The Morgan fingerprint density at radius 1 is 1.05 bits per heavy atom. The molecular weight excluding hydrogens is 291 g/mol. The molecule has 0 spiro atoms. The summed E-state index contributed by atoms with van der Waals surface area (Å²) >= 11 is 0. The zero-order valence-corrected chi connectivity index (χ0v) is 11.8. The zero-order valence-electron chi connectivity index (χ0n) is 11.8. The van der Waals surface area contributed by atoms with Crippen LogP contribution in [-0.2, 0) is 33.3 Å². The third-order valence-electron chi connectivity index (χ3n) is 2.65. The summed E-state index contributed by atoms with van der Waals surface area (Å²) in [5.74, 6) is -2.22. The first-order valence-electron chi connectivity index (χ1n) is 6.17. The Morgan fingerprint density at radius 3 is 2.05 bits per heavy atom. The van der Waals surface area contributed by atoms with Gasteiger partial charge in [0.05, 0.1) is 0 Å². The lowest BCUT2D eigenvalue weighted by molar-refractivity contribution is -0.279. The van der Waals surface area contributed by atoms with Crippen molar-refractivity contribution in [1.82, 2.24) is 0 Å². The third kappa shape index (κ3) is 4.94. The summed E-state index contributed by atoms with van der Waals surface area (Å²) in [6.07, 6.45) is -8.07. The van der Waals surface area contributed by atoms with Crippen molar-refractivity contribution in [2.45, 2.75) is 51.5 Å². The minimum absolute atomic E-state index is 0.394. The molecule has 0 radical (unpaired) electrons. The lowest BCUT2D eigenvalue weighted by Gasteiger charge is -2.40. The summed E-state index contributed by atoms with van der Waals surface area (Å²) in [5.41, 5.74) is 0. The summed E-state index contributed by atoms with van der Waals surface area (Å²) in [7, 11) is 0. The lowest BCUT2D eigenvalue weighted by Crippen LogP contribution is -2.59. The Balaban J connectivity index is 2.94. The van der Waals surface area contributed by atoms with E-state index in [4.69, 9.17) is 18.9 Å². The standard InChI is InChI=1S/C12H17FO8/c1-5(14)18-4-8-10(19-6(2)15)11(20-7(3)16)9(13)12(17)21-8/h8-12,17H,4H2,1-3H3/t8?,9-,10+,11?,12+/m0/s1. The van der Waals surface area contributed by atoms with Crippen LogP contribution in [0.1, 0.15) is 20.8 Å². The van der Waals surface area contributed by atoms with E-state index in [0.717, 1.165) is 20.8 Å². The predicted octanol–water partition coefficient (Wildman–Crippen LogP) is -0.532. The molecule has 0 aromatic rings. The Hall–Kier alpha value is -1.74. The Bertz CT molecular complexity index is 412. The second-order valence-corrected chi connectivity index (χ2v) is 4.46. The average molecular weight is 308 g/mol. The molecule has 1 rings (SSSR count). The molecule has 8 nitrogen and oxygen atoms in total. The van der Waals surface area contributed by atoms with Gasteiger partial charge in [0.2, 0.25) is 0 Å². The van der Waals surface area contributed by atoms with E-state index in [9.17, 15) is 23.9 Å². The van der Waals surface area contributed by atoms with Crippen LogP contribution in [0.4, 0.5) is 4.39 Å². The van der Waals surface area contributed by atoms with E-state index >= 15 is 0 Å². The van der Waals surface area contributed by atoms with Gasteiger partial charge in [-0.15, -0.1) is 0 Å². The molecule has 1 aliphatic heterocycles. The normalized spacial score (nSPS) is 32.1. The van der Waals surface area contributed by atoms with Crippen LogP contribution in [0.15, 0.2) is 0 Å². The number of hydrogen-bond acceptors (Lipinski definition) is 8. The molecule has 0 amide bonds. The second-order valence-electron chi connectivity index (χ2n) is 4.46. The minimum atomic E-state index is -2.10. The topological polar surface area (TPSA) is 108 Å². The van der Waals surface area contributed by atoms with Crippen molar-refractivity contribution >= 4 is 17.9 Å². The van der Waals surface area contributed by atoms with E-state index in [-0.39, 0.29) is 0 Å². The molecule has 1 N–H and O–H groups in total. The summed E-state index contributed by atoms with van der Waals surface area (Å²) in [4.78, 5) is 32.9. The summed E-state index contributed by atoms with van der Waals surface area (Å²) in [5, 5.41) is 9.48. The van der Waals surface area contributed by atoms with Crippen molar-refractivity contribution in [3.05, 3.63) is 0 Å². The van der Waals surface area contributed by atoms with Gasteiger partial charge in [-0.3, -0.25) is 14.4 Å². The molecule has 0 saturated carbocycles. The van der Waals surface area contributed by atoms with E-state index < -0.39 is 55.3 Å². The van der Waals surface area contributed by atoms with E-state index in [1.54, 1.807) is 0 Å². The largest absolute Gasteiger partial charge is 0.463 e. The molecule has 1 aliphatic rings. The Labute approximate surface area is 120 Å². The molecular formula is C12H17FO8. The van der Waals surface area contributed by atoms with Crippen molar-refractivity contribution in [1.29, 1.82) is 0 Å². The van der Waals surface area contributed by atoms with Gasteiger partial charge in [-0.05, 0) is 0 Å². The van der Waals surface area contributed by atoms with Gasteiger partial charge >= 0.3 is 17.9 Å². The number of aliphatic hydroxyl groups is 1. The number of alkyl halides is 1. The fraction of sp³-hybridized carbons (Fsp3) is 0.750. The molecule has 5 atom stereocenters. The monoisotopic (exact) mass is 308 g/mol. The highest BCUT2D eigenvalue weighted by Gasteiger charge is 2.50. The van der Waals surface area contributed by atoms with Crippen molar-refractivity contribution in [3.63, 3.8) is 0 Å². The average Bonchev–Trinajstić information content (AvgIpc) is 2.35. The van der Waals surface area contributed by atoms with Crippen molar-refractivity contribution in [2.24, 2.45) is 0 Å². The fourth-order valence-corrected chi connectivity index (χ4v) is 1.88. The van der Waals surface area contributed by atoms with Gasteiger partial charge in [-0.2, -0.15) is 0 Å². The first-order valence-corrected chi connectivity index (χ1v) is 6.17. The quantitative estimate of drug-likeness (QED) is 0.545.